The summed E-state index contributed by atoms with van der Waals surface area (Å²) < 4.78 is 41.0. The van der Waals surface area contributed by atoms with Crippen molar-refractivity contribution in [3.8, 4) is 0 Å². The summed E-state index contributed by atoms with van der Waals surface area (Å²) in [6.45, 7) is 3.08. The molecule has 4 rings (SSSR count). The fourth-order valence-electron chi connectivity index (χ4n) is 3.53. The van der Waals surface area contributed by atoms with Crippen LogP contribution in [-0.2, 0) is 6.42 Å². The first kappa shape index (κ1) is 23.4. The van der Waals surface area contributed by atoms with Crippen molar-refractivity contribution in [3.63, 3.8) is 0 Å². The molecule has 0 atom stereocenters. The molecule has 0 spiro atoms. The SMILES string of the molecule is CC1=C(c2cnc(CC(=O)c3ccc(F)cc3F)cn2)CN(c2ncccc2F)CC1.Cl. The highest BCUT2D eigenvalue weighted by Gasteiger charge is 2.22. The van der Waals surface area contributed by atoms with Crippen LogP contribution in [0.3, 0.4) is 0 Å². The first-order valence-corrected chi connectivity index (χ1v) is 9.76. The van der Waals surface area contributed by atoms with Crippen molar-refractivity contribution in [2.45, 2.75) is 19.8 Å². The third-order valence-electron chi connectivity index (χ3n) is 5.25. The predicted octanol–water partition coefficient (Wildman–Crippen LogP) is 4.82. The molecule has 1 aliphatic rings. The number of pyridine rings is 1. The highest BCUT2D eigenvalue weighted by atomic mass is 35.5. The van der Waals surface area contributed by atoms with Crippen molar-refractivity contribution >= 4 is 29.6 Å². The van der Waals surface area contributed by atoms with Gasteiger partial charge in [0.05, 0.1) is 29.6 Å². The summed E-state index contributed by atoms with van der Waals surface area (Å²) in [5.74, 6) is -2.24. The molecule has 0 amide bonds. The molecule has 32 heavy (non-hydrogen) atoms. The standard InChI is InChI=1S/C23H19F3N4O.ClH/c1-14-6-8-30(23-19(25)3-2-7-27-23)13-18(14)21-12-28-16(11-29-21)10-22(31)17-5-4-15(24)9-20(17)26;/h2-5,7,9,11-12H,6,8,10,13H2,1H3;1H. The molecule has 0 saturated carbocycles. The van der Waals surface area contributed by atoms with E-state index in [2.05, 4.69) is 15.0 Å². The Hall–Kier alpha value is -3.26. The van der Waals surface area contributed by atoms with E-state index in [-0.39, 0.29) is 30.2 Å². The molecule has 166 valence electrons. The number of aromatic nitrogens is 3. The van der Waals surface area contributed by atoms with Crippen LogP contribution >= 0.6 is 12.4 Å². The largest absolute Gasteiger partial charge is 0.349 e. The fraction of sp³-hybridized carbons (Fsp3) is 0.217. The van der Waals surface area contributed by atoms with Gasteiger partial charge in [-0.1, -0.05) is 5.57 Å². The first-order chi connectivity index (χ1) is 14.9. The molecule has 0 radical (unpaired) electrons. The lowest BCUT2D eigenvalue weighted by Crippen LogP contribution is -2.32. The van der Waals surface area contributed by atoms with E-state index in [9.17, 15) is 18.0 Å². The molecule has 9 heteroatoms. The molecular weight excluding hydrogens is 441 g/mol. The van der Waals surface area contributed by atoms with Crippen LogP contribution in [0.25, 0.3) is 5.57 Å². The number of anilines is 1. The normalized spacial score (nSPS) is 13.7. The summed E-state index contributed by atoms with van der Waals surface area (Å²) in [5, 5.41) is 0. The molecular formula is C23H20ClF3N4O. The molecule has 3 aromatic rings. The van der Waals surface area contributed by atoms with E-state index in [1.807, 2.05) is 11.8 Å². The second-order valence-electron chi connectivity index (χ2n) is 7.36. The van der Waals surface area contributed by atoms with E-state index in [0.717, 1.165) is 29.7 Å². The van der Waals surface area contributed by atoms with Crippen molar-refractivity contribution in [2.24, 2.45) is 0 Å². The number of hydrogen-bond acceptors (Lipinski definition) is 5. The molecule has 0 aliphatic carbocycles. The maximum absolute atomic E-state index is 14.1. The lowest BCUT2D eigenvalue weighted by atomic mass is 9.99. The topological polar surface area (TPSA) is 59.0 Å². The van der Waals surface area contributed by atoms with E-state index in [0.29, 0.717) is 36.4 Å². The number of benzene rings is 1. The van der Waals surface area contributed by atoms with Gasteiger partial charge in [0.25, 0.3) is 0 Å². The molecule has 5 nitrogen and oxygen atoms in total. The maximum atomic E-state index is 14.1. The van der Waals surface area contributed by atoms with Gasteiger partial charge in [-0.3, -0.25) is 14.8 Å². The van der Waals surface area contributed by atoms with Gasteiger partial charge >= 0.3 is 0 Å². The smallest absolute Gasteiger partial charge is 0.171 e. The van der Waals surface area contributed by atoms with Crippen LogP contribution in [-0.4, -0.2) is 33.8 Å². The van der Waals surface area contributed by atoms with Crippen molar-refractivity contribution in [2.75, 3.05) is 18.0 Å². The molecule has 0 fully saturated rings. The van der Waals surface area contributed by atoms with Crippen LogP contribution in [0.2, 0.25) is 0 Å². The number of nitrogens with zero attached hydrogens (tertiary/aromatic N) is 4. The first-order valence-electron chi connectivity index (χ1n) is 9.76. The van der Waals surface area contributed by atoms with Gasteiger partial charge in [-0.05, 0) is 43.2 Å². The fourth-order valence-corrected chi connectivity index (χ4v) is 3.53. The number of halogens is 4. The summed E-state index contributed by atoms with van der Waals surface area (Å²) in [4.78, 5) is 27.0. The Kier molecular flexibility index (Phi) is 7.25. The number of hydrogen-bond donors (Lipinski definition) is 0. The Balaban J connectivity index is 0.00000289. The van der Waals surface area contributed by atoms with Gasteiger partial charge in [-0.15, -0.1) is 12.4 Å². The number of carbonyl (C=O) groups is 1. The van der Waals surface area contributed by atoms with Crippen LogP contribution in [0.15, 0.2) is 54.5 Å². The van der Waals surface area contributed by atoms with E-state index < -0.39 is 17.4 Å². The van der Waals surface area contributed by atoms with Crippen LogP contribution in [0, 0.1) is 17.5 Å². The minimum atomic E-state index is -0.903. The highest BCUT2D eigenvalue weighted by Crippen LogP contribution is 2.28. The summed E-state index contributed by atoms with van der Waals surface area (Å²) in [6, 6.07) is 5.77. The molecule has 0 N–H and O–H groups in total. The van der Waals surface area contributed by atoms with Crippen LogP contribution in [0.1, 0.15) is 35.1 Å². The molecule has 1 aromatic carbocycles. The quantitative estimate of drug-likeness (QED) is 0.511. The summed E-state index contributed by atoms with van der Waals surface area (Å²) >= 11 is 0. The van der Waals surface area contributed by atoms with E-state index in [1.54, 1.807) is 18.5 Å². The Labute approximate surface area is 189 Å². The zero-order chi connectivity index (χ0) is 22.0. The molecule has 0 bridgehead atoms. The van der Waals surface area contributed by atoms with Gasteiger partial charge in [0.1, 0.15) is 11.6 Å². The lowest BCUT2D eigenvalue weighted by Gasteiger charge is -2.30. The van der Waals surface area contributed by atoms with Gasteiger partial charge in [0.2, 0.25) is 0 Å². The number of ketones is 1. The minimum Gasteiger partial charge on any atom is -0.349 e. The Bertz CT molecular complexity index is 1170. The second kappa shape index (κ2) is 9.91. The molecule has 2 aromatic heterocycles. The van der Waals surface area contributed by atoms with Crippen molar-refractivity contribution in [3.05, 3.63) is 88.9 Å². The second-order valence-corrected chi connectivity index (χ2v) is 7.36. The van der Waals surface area contributed by atoms with Gasteiger partial charge in [-0.25, -0.2) is 18.2 Å². The number of Topliss-reactive ketones (excluding diaryl/α,β-unsaturated/α-hetero) is 1. The van der Waals surface area contributed by atoms with Crippen molar-refractivity contribution < 1.29 is 18.0 Å². The monoisotopic (exact) mass is 460 g/mol. The number of rotatable bonds is 5. The summed E-state index contributed by atoms with van der Waals surface area (Å²) in [7, 11) is 0. The summed E-state index contributed by atoms with van der Waals surface area (Å²) in [5.41, 5.74) is 2.86. The Morgan fingerprint density at radius 2 is 1.88 bits per heavy atom. The third-order valence-corrected chi connectivity index (χ3v) is 5.25. The highest BCUT2D eigenvalue weighted by molar-refractivity contribution is 5.97. The lowest BCUT2D eigenvalue weighted by molar-refractivity contribution is 0.0988. The van der Waals surface area contributed by atoms with Gasteiger partial charge in [-0.2, -0.15) is 0 Å². The zero-order valence-electron chi connectivity index (χ0n) is 17.2. The van der Waals surface area contributed by atoms with Gasteiger partial charge in [0, 0.05) is 31.5 Å². The van der Waals surface area contributed by atoms with E-state index >= 15 is 0 Å². The Morgan fingerprint density at radius 1 is 1.06 bits per heavy atom. The Morgan fingerprint density at radius 3 is 2.56 bits per heavy atom. The minimum absolute atomic E-state index is 0. The van der Waals surface area contributed by atoms with E-state index in [1.165, 1.54) is 12.3 Å². The zero-order valence-corrected chi connectivity index (χ0v) is 18.0. The van der Waals surface area contributed by atoms with Crippen LogP contribution < -0.4 is 4.90 Å². The predicted molar refractivity (Wildman–Crippen MR) is 117 cm³/mol. The molecule has 0 unspecified atom stereocenters. The molecule has 0 saturated heterocycles. The van der Waals surface area contributed by atoms with Crippen molar-refractivity contribution in [1.29, 1.82) is 0 Å². The average Bonchev–Trinajstić information content (AvgIpc) is 2.75. The van der Waals surface area contributed by atoms with E-state index in [4.69, 9.17) is 0 Å². The molecule has 1 aliphatic heterocycles. The van der Waals surface area contributed by atoms with Crippen molar-refractivity contribution in [1.82, 2.24) is 15.0 Å². The van der Waals surface area contributed by atoms with Gasteiger partial charge in [0.15, 0.2) is 17.4 Å². The number of carbonyl (C=O) groups excluding carboxylic acids is 1. The third kappa shape index (κ3) is 4.96. The van der Waals surface area contributed by atoms with Gasteiger partial charge < -0.3 is 4.90 Å². The maximum Gasteiger partial charge on any atom is 0.171 e. The summed E-state index contributed by atoms with van der Waals surface area (Å²) in [6.07, 6.45) is 5.16. The average molecular weight is 461 g/mol. The van der Waals surface area contributed by atoms with Crippen LogP contribution in [0.5, 0.6) is 0 Å². The van der Waals surface area contributed by atoms with Crippen LogP contribution in [0.4, 0.5) is 19.0 Å². The molecule has 3 heterocycles.